The Morgan fingerprint density at radius 2 is 1.77 bits per heavy atom. The molecule has 0 spiro atoms. The van der Waals surface area contributed by atoms with Gasteiger partial charge in [0.2, 0.25) is 5.95 Å². The molecule has 0 radical (unpaired) electrons. The maximum atomic E-state index is 14.7. The molecule has 2 N–H and O–H groups in total. The Labute approximate surface area is 226 Å². The van der Waals surface area contributed by atoms with Crippen LogP contribution in [-0.4, -0.2) is 73.7 Å². The molecule has 1 fully saturated rings. The lowest BCUT2D eigenvalue weighted by Crippen LogP contribution is -2.45. The van der Waals surface area contributed by atoms with Crippen molar-refractivity contribution in [1.82, 2.24) is 29.7 Å². The maximum absolute atomic E-state index is 14.7. The third-order valence-electron chi connectivity index (χ3n) is 6.85. The van der Waals surface area contributed by atoms with Gasteiger partial charge in [-0.15, -0.1) is 11.3 Å². The summed E-state index contributed by atoms with van der Waals surface area (Å²) in [6, 6.07) is 6.30. The van der Waals surface area contributed by atoms with Crippen LogP contribution in [0, 0.1) is 5.82 Å². The smallest absolute Gasteiger partial charge is 0.376 e. The van der Waals surface area contributed by atoms with Gasteiger partial charge in [0.05, 0.1) is 21.3 Å². The highest BCUT2D eigenvalue weighted by atomic mass is 32.1. The van der Waals surface area contributed by atoms with E-state index in [1.165, 1.54) is 12.3 Å². The summed E-state index contributed by atoms with van der Waals surface area (Å²) >= 11 is 0.865. The second-order valence-corrected chi connectivity index (χ2v) is 10.6. The molecule has 13 heteroatoms. The quantitative estimate of drug-likeness (QED) is 0.307. The van der Waals surface area contributed by atoms with Crippen molar-refractivity contribution in [3.63, 3.8) is 0 Å². The van der Waals surface area contributed by atoms with E-state index in [9.17, 15) is 22.7 Å². The van der Waals surface area contributed by atoms with Crippen molar-refractivity contribution >= 4 is 33.3 Å². The second-order valence-electron chi connectivity index (χ2n) is 9.53. The number of pyridine rings is 2. The predicted octanol–water partition coefficient (Wildman–Crippen LogP) is 4.94. The lowest BCUT2D eigenvalue weighted by Gasteiger charge is -2.33. The number of alkyl halides is 3. The normalized spacial score (nSPS) is 16.9. The van der Waals surface area contributed by atoms with E-state index in [0.717, 1.165) is 68.4 Å². The summed E-state index contributed by atoms with van der Waals surface area (Å²) in [6.45, 7) is 8.80. The van der Waals surface area contributed by atoms with Crippen LogP contribution in [0.25, 0.3) is 20.8 Å². The summed E-state index contributed by atoms with van der Waals surface area (Å²) in [5, 5.41) is 13.2. The minimum atomic E-state index is -4.91. The molecule has 1 unspecified atom stereocenters. The zero-order chi connectivity index (χ0) is 27.8. The highest BCUT2D eigenvalue weighted by molar-refractivity contribution is 7.22. The van der Waals surface area contributed by atoms with Gasteiger partial charge in [-0.1, -0.05) is 13.0 Å². The number of piperazine rings is 1. The molecular weight excluding hydrogens is 534 g/mol. The van der Waals surface area contributed by atoms with Crippen LogP contribution in [0.5, 0.6) is 0 Å². The summed E-state index contributed by atoms with van der Waals surface area (Å²) in [5.74, 6) is -0.202. The summed E-state index contributed by atoms with van der Waals surface area (Å²) < 4.78 is 55.4. The lowest BCUT2D eigenvalue weighted by atomic mass is 9.96. The molecule has 206 valence electrons. The molecule has 39 heavy (non-hydrogen) atoms. The van der Waals surface area contributed by atoms with Crippen molar-refractivity contribution in [3.05, 3.63) is 59.8 Å². The zero-order valence-electron chi connectivity index (χ0n) is 21.3. The van der Waals surface area contributed by atoms with Crippen LogP contribution in [0.1, 0.15) is 25.0 Å². The Bertz CT molecular complexity index is 1450. The van der Waals surface area contributed by atoms with Gasteiger partial charge in [0.1, 0.15) is 11.5 Å². The van der Waals surface area contributed by atoms with E-state index in [1.807, 2.05) is 6.07 Å². The molecule has 4 aromatic heterocycles. The Kier molecular flexibility index (Phi) is 7.51. The Morgan fingerprint density at radius 1 is 1.03 bits per heavy atom. The standard InChI is InChI=1S/C26H27F4N7OS/c1-3-36-8-10-37(11-9-36)15-16-4-5-21(32-13-16)34-24-33-14-18(27)22(35-24)20-12-19-23(39-20)17(6-7-31-19)25(2,38)26(28,29)30/h4-7,12-14,38H,3,8-11,15H2,1-2H3,(H,32,33,34,35). The van der Waals surface area contributed by atoms with E-state index in [0.29, 0.717) is 12.7 Å². The third kappa shape index (κ3) is 5.71. The minimum Gasteiger partial charge on any atom is -0.376 e. The van der Waals surface area contributed by atoms with E-state index in [2.05, 4.69) is 42.0 Å². The van der Waals surface area contributed by atoms with Crippen molar-refractivity contribution in [2.75, 3.05) is 38.0 Å². The second kappa shape index (κ2) is 10.7. The summed E-state index contributed by atoms with van der Waals surface area (Å²) in [4.78, 5) is 21.8. The number of hydrogen-bond acceptors (Lipinski definition) is 9. The number of rotatable bonds is 7. The molecule has 8 nitrogen and oxygen atoms in total. The maximum Gasteiger partial charge on any atom is 0.421 e. The molecule has 0 saturated carbocycles. The van der Waals surface area contributed by atoms with E-state index >= 15 is 0 Å². The molecule has 1 atom stereocenters. The van der Waals surface area contributed by atoms with E-state index in [-0.39, 0.29) is 32.3 Å². The van der Waals surface area contributed by atoms with Gasteiger partial charge in [-0.3, -0.25) is 9.88 Å². The highest BCUT2D eigenvalue weighted by Gasteiger charge is 2.52. The molecule has 0 bridgehead atoms. The van der Waals surface area contributed by atoms with Crippen LogP contribution in [0.2, 0.25) is 0 Å². The lowest BCUT2D eigenvalue weighted by molar-refractivity contribution is -0.258. The van der Waals surface area contributed by atoms with Gasteiger partial charge in [-0.2, -0.15) is 13.2 Å². The van der Waals surface area contributed by atoms with Crippen molar-refractivity contribution in [2.45, 2.75) is 32.2 Å². The van der Waals surface area contributed by atoms with E-state index in [1.54, 1.807) is 12.3 Å². The van der Waals surface area contributed by atoms with E-state index in [4.69, 9.17) is 0 Å². The molecule has 0 aliphatic carbocycles. The van der Waals surface area contributed by atoms with Gasteiger partial charge >= 0.3 is 6.18 Å². The first kappa shape index (κ1) is 27.3. The number of hydrogen-bond donors (Lipinski definition) is 2. The number of likely N-dealkylation sites (N-methyl/N-ethyl adjacent to an activating group) is 1. The average Bonchev–Trinajstić information content (AvgIpc) is 3.35. The minimum absolute atomic E-state index is 0.0789. The van der Waals surface area contributed by atoms with Gasteiger partial charge in [0.25, 0.3) is 0 Å². The number of anilines is 2. The topological polar surface area (TPSA) is 90.3 Å². The number of nitrogens with one attached hydrogen (secondary N) is 1. The number of fused-ring (bicyclic) bond motifs is 1. The molecule has 0 aromatic carbocycles. The molecule has 5 heterocycles. The fraction of sp³-hybridized carbons (Fsp3) is 0.385. The van der Waals surface area contributed by atoms with Gasteiger partial charge in [-0.05, 0) is 37.2 Å². The van der Waals surface area contributed by atoms with Crippen molar-refractivity contribution in [2.24, 2.45) is 0 Å². The van der Waals surface area contributed by atoms with Crippen LogP contribution >= 0.6 is 11.3 Å². The van der Waals surface area contributed by atoms with Crippen LogP contribution in [-0.2, 0) is 12.1 Å². The highest BCUT2D eigenvalue weighted by Crippen LogP contribution is 2.44. The number of aromatic nitrogens is 4. The summed E-state index contributed by atoms with van der Waals surface area (Å²) in [5.41, 5.74) is -2.31. The average molecular weight is 562 g/mol. The number of halogens is 4. The van der Waals surface area contributed by atoms with Crippen LogP contribution in [0.4, 0.5) is 29.3 Å². The van der Waals surface area contributed by atoms with Gasteiger partial charge < -0.3 is 15.3 Å². The number of aliphatic hydroxyl groups is 1. The first-order valence-corrected chi connectivity index (χ1v) is 13.2. The first-order chi connectivity index (χ1) is 18.5. The zero-order valence-corrected chi connectivity index (χ0v) is 22.2. The van der Waals surface area contributed by atoms with Crippen molar-refractivity contribution in [1.29, 1.82) is 0 Å². The summed E-state index contributed by atoms with van der Waals surface area (Å²) in [6.07, 6.45) is -0.975. The largest absolute Gasteiger partial charge is 0.421 e. The fourth-order valence-corrected chi connectivity index (χ4v) is 5.64. The van der Waals surface area contributed by atoms with E-state index < -0.39 is 17.6 Å². The van der Waals surface area contributed by atoms with Crippen molar-refractivity contribution in [3.8, 4) is 10.6 Å². The van der Waals surface area contributed by atoms with Crippen molar-refractivity contribution < 1.29 is 22.7 Å². The third-order valence-corrected chi connectivity index (χ3v) is 8.01. The first-order valence-electron chi connectivity index (χ1n) is 12.4. The van der Waals surface area contributed by atoms with Gasteiger partial charge in [0, 0.05) is 50.7 Å². The van der Waals surface area contributed by atoms with Crippen LogP contribution in [0.15, 0.2) is 42.9 Å². The molecule has 0 amide bonds. The van der Waals surface area contributed by atoms with Crippen LogP contribution < -0.4 is 5.32 Å². The number of nitrogens with zero attached hydrogens (tertiary/aromatic N) is 6. The molecule has 5 rings (SSSR count). The molecule has 1 aliphatic heterocycles. The fourth-order valence-electron chi connectivity index (χ4n) is 4.42. The molecule has 1 saturated heterocycles. The molecule has 1 aliphatic rings. The van der Waals surface area contributed by atoms with Crippen LogP contribution in [0.3, 0.4) is 0 Å². The number of thiophene rings is 1. The predicted molar refractivity (Wildman–Crippen MR) is 141 cm³/mol. The van der Waals surface area contributed by atoms with Gasteiger partial charge in [-0.25, -0.2) is 19.3 Å². The molecule has 4 aromatic rings. The monoisotopic (exact) mass is 561 g/mol. The Hall–Kier alpha value is -3.26. The Balaban J connectivity index is 1.34. The summed E-state index contributed by atoms with van der Waals surface area (Å²) in [7, 11) is 0. The van der Waals surface area contributed by atoms with Gasteiger partial charge in [0.15, 0.2) is 11.4 Å². The SMILES string of the molecule is CCN1CCN(Cc2ccc(Nc3ncc(F)c(-c4cc5nccc(C(C)(O)C(F)(F)F)c5s4)n3)nc2)CC1. The molecular formula is C26H27F4N7OS. The Morgan fingerprint density at radius 3 is 2.44 bits per heavy atom.